The molecule has 1 aromatic heterocycles. The van der Waals surface area contributed by atoms with Gasteiger partial charge in [-0.1, -0.05) is 48.2 Å². The van der Waals surface area contributed by atoms with Crippen LogP contribution >= 0.6 is 24.0 Å². The maximum Gasteiger partial charge on any atom is 0.271 e. The molecule has 0 atom stereocenters. The van der Waals surface area contributed by atoms with Crippen LogP contribution in [-0.2, 0) is 17.8 Å². The molecule has 1 N–H and O–H groups in total. The van der Waals surface area contributed by atoms with Gasteiger partial charge in [0, 0.05) is 19.5 Å². The first-order valence-electron chi connectivity index (χ1n) is 12.7. The van der Waals surface area contributed by atoms with E-state index in [4.69, 9.17) is 17.0 Å². The number of ether oxygens (including phenoxy) is 1. The summed E-state index contributed by atoms with van der Waals surface area (Å²) in [4.78, 5) is 40.9. The first-order chi connectivity index (χ1) is 19.6. The smallest absolute Gasteiger partial charge is 0.271 e. The van der Waals surface area contributed by atoms with Crippen LogP contribution < -0.4 is 10.3 Å². The average Bonchev–Trinajstić information content (AvgIpc) is 3.22. The largest absolute Gasteiger partial charge is 0.497 e. The van der Waals surface area contributed by atoms with Crippen LogP contribution in [0.25, 0.3) is 6.08 Å². The molecule has 1 saturated heterocycles. The van der Waals surface area contributed by atoms with Gasteiger partial charge in [-0.2, -0.15) is 5.26 Å². The van der Waals surface area contributed by atoms with Gasteiger partial charge in [0.25, 0.3) is 11.5 Å². The number of thiocarbonyl (C=S) groups is 1. The number of halogens is 1. The summed E-state index contributed by atoms with van der Waals surface area (Å²) in [5, 5.41) is 20.6. The number of nitriles is 1. The summed E-state index contributed by atoms with van der Waals surface area (Å²) < 4.78 is 19.7. The molecule has 41 heavy (non-hydrogen) atoms. The van der Waals surface area contributed by atoms with Gasteiger partial charge in [-0.25, -0.2) is 4.39 Å². The number of aryl methyl sites for hydroxylation is 1. The Balaban J connectivity index is 1.47. The van der Waals surface area contributed by atoms with Crippen LogP contribution in [0, 0.1) is 24.1 Å². The zero-order chi connectivity index (χ0) is 29.7. The number of Topliss-reactive ketones (excluding diaryl/α,β-unsaturated/α-hetero) is 1. The van der Waals surface area contributed by atoms with Crippen molar-refractivity contribution in [1.82, 2.24) is 9.47 Å². The molecule has 2 aromatic carbocycles. The zero-order valence-electron chi connectivity index (χ0n) is 22.3. The molecular formula is C30H26FN3O5S2. The van der Waals surface area contributed by atoms with E-state index in [0.29, 0.717) is 27.0 Å². The van der Waals surface area contributed by atoms with E-state index in [-0.39, 0.29) is 54.3 Å². The third-order valence-electron chi connectivity index (χ3n) is 6.69. The van der Waals surface area contributed by atoms with Gasteiger partial charge in [-0.3, -0.25) is 23.9 Å². The van der Waals surface area contributed by atoms with Crippen molar-refractivity contribution in [3.05, 3.63) is 97.4 Å². The number of methoxy groups -OCH3 is 1. The number of hydrogen-bond acceptors (Lipinski definition) is 8. The Kier molecular flexibility index (Phi) is 9.37. The molecule has 1 aliphatic heterocycles. The molecule has 8 nitrogen and oxygen atoms in total. The quantitative estimate of drug-likeness (QED) is 0.199. The maximum absolute atomic E-state index is 13.3. The number of thioether (sulfide) groups is 1. The van der Waals surface area contributed by atoms with Crippen LogP contribution in [0.5, 0.6) is 11.6 Å². The summed E-state index contributed by atoms with van der Waals surface area (Å²) in [6.07, 6.45) is 2.19. The number of carbonyl (C=O) groups excluding carboxylic acids is 2. The van der Waals surface area contributed by atoms with Gasteiger partial charge >= 0.3 is 0 Å². The molecule has 2 heterocycles. The van der Waals surface area contributed by atoms with Crippen molar-refractivity contribution in [2.24, 2.45) is 0 Å². The Morgan fingerprint density at radius 1 is 1.15 bits per heavy atom. The van der Waals surface area contributed by atoms with E-state index in [1.807, 2.05) is 18.2 Å². The average molecular weight is 592 g/mol. The lowest BCUT2D eigenvalue weighted by molar-refractivity contribution is -0.122. The second kappa shape index (κ2) is 12.9. The molecule has 0 unspecified atom stereocenters. The number of aromatic nitrogens is 1. The molecule has 4 rings (SSSR count). The fourth-order valence-corrected chi connectivity index (χ4v) is 5.76. The highest BCUT2D eigenvalue weighted by atomic mass is 32.2. The van der Waals surface area contributed by atoms with Crippen molar-refractivity contribution >= 4 is 46.1 Å². The molecule has 3 aromatic rings. The second-order valence-electron chi connectivity index (χ2n) is 9.28. The van der Waals surface area contributed by atoms with E-state index < -0.39 is 17.2 Å². The Hall–Kier alpha value is -4.27. The number of hydrogen-bond donors (Lipinski definition) is 1. The third-order valence-corrected chi connectivity index (χ3v) is 8.07. The van der Waals surface area contributed by atoms with Crippen molar-refractivity contribution < 1.29 is 23.8 Å². The van der Waals surface area contributed by atoms with Crippen molar-refractivity contribution in [3.8, 4) is 17.7 Å². The summed E-state index contributed by atoms with van der Waals surface area (Å²) in [5.74, 6) is -0.955. The summed E-state index contributed by atoms with van der Waals surface area (Å²) >= 11 is 6.48. The molecular weight excluding hydrogens is 565 g/mol. The molecule has 0 saturated carbocycles. The number of pyridine rings is 1. The monoisotopic (exact) mass is 591 g/mol. The van der Waals surface area contributed by atoms with E-state index in [1.165, 1.54) is 24.0 Å². The standard InChI is InChI=1S/C30H26FN3O5S2/c1-18-23(17-32)27(36)33(15-13-19-7-11-22(39-2)12-8-19)29(38)26(18)24(35)4-3-14-34-28(37)25(41-30(34)40)16-20-5-9-21(31)10-6-20/h5-12,16,38H,3-4,13-15H2,1-2H3/b25-16-. The van der Waals surface area contributed by atoms with Crippen molar-refractivity contribution in [2.75, 3.05) is 13.7 Å². The number of ketones is 1. The lowest BCUT2D eigenvalue weighted by atomic mass is 9.99. The Morgan fingerprint density at radius 2 is 1.83 bits per heavy atom. The molecule has 0 spiro atoms. The van der Waals surface area contributed by atoms with Crippen molar-refractivity contribution in [2.45, 2.75) is 32.7 Å². The fourth-order valence-electron chi connectivity index (χ4n) is 4.45. The van der Waals surface area contributed by atoms with E-state index in [0.717, 1.165) is 21.9 Å². The van der Waals surface area contributed by atoms with Gasteiger partial charge in [-0.05, 0) is 66.8 Å². The second-order valence-corrected chi connectivity index (χ2v) is 11.0. The minimum absolute atomic E-state index is 0.0516. The number of amides is 1. The zero-order valence-corrected chi connectivity index (χ0v) is 24.0. The third kappa shape index (κ3) is 6.56. The van der Waals surface area contributed by atoms with E-state index in [1.54, 1.807) is 37.5 Å². The van der Waals surface area contributed by atoms with Crippen LogP contribution in [0.3, 0.4) is 0 Å². The van der Waals surface area contributed by atoms with Crippen LogP contribution in [0.4, 0.5) is 4.39 Å². The van der Waals surface area contributed by atoms with Crippen molar-refractivity contribution in [3.63, 3.8) is 0 Å². The van der Waals surface area contributed by atoms with Gasteiger partial charge in [0.2, 0.25) is 5.88 Å². The Bertz CT molecular complexity index is 1640. The topological polar surface area (TPSA) is 113 Å². The van der Waals surface area contributed by atoms with Gasteiger partial charge < -0.3 is 9.84 Å². The minimum Gasteiger partial charge on any atom is -0.497 e. The SMILES string of the molecule is COc1ccc(CCn2c(O)c(C(=O)CCCN3C(=O)/C(=C/c4ccc(F)cc4)SC3=S)c(C)c(C#N)c2=O)cc1. The van der Waals surface area contributed by atoms with Crippen LogP contribution in [0.1, 0.15) is 45.5 Å². The van der Waals surface area contributed by atoms with Crippen LogP contribution in [-0.4, -0.2) is 44.2 Å². The minimum atomic E-state index is -0.668. The summed E-state index contributed by atoms with van der Waals surface area (Å²) in [7, 11) is 1.56. The van der Waals surface area contributed by atoms with E-state index in [2.05, 4.69) is 0 Å². The van der Waals surface area contributed by atoms with E-state index >= 15 is 0 Å². The molecule has 0 bridgehead atoms. The Labute approximate surface area is 245 Å². The maximum atomic E-state index is 13.3. The fraction of sp³-hybridized carbons (Fsp3) is 0.233. The first-order valence-corrected chi connectivity index (χ1v) is 13.9. The van der Waals surface area contributed by atoms with E-state index in [9.17, 15) is 29.1 Å². The summed E-state index contributed by atoms with van der Waals surface area (Å²) in [6, 6.07) is 14.8. The molecule has 11 heteroatoms. The molecule has 0 radical (unpaired) electrons. The van der Waals surface area contributed by atoms with Gasteiger partial charge in [0.1, 0.15) is 27.5 Å². The highest BCUT2D eigenvalue weighted by Gasteiger charge is 2.32. The molecule has 0 aliphatic carbocycles. The predicted molar refractivity (Wildman–Crippen MR) is 158 cm³/mol. The number of benzene rings is 2. The lowest BCUT2D eigenvalue weighted by Crippen LogP contribution is -2.30. The number of aromatic hydroxyl groups is 1. The molecule has 210 valence electrons. The summed E-state index contributed by atoms with van der Waals surface area (Å²) in [5.41, 5.74) is 0.692. The molecule has 1 aliphatic rings. The number of rotatable bonds is 10. The molecule has 1 amide bonds. The lowest BCUT2D eigenvalue weighted by Gasteiger charge is -2.17. The predicted octanol–water partition coefficient (Wildman–Crippen LogP) is 4.99. The normalized spacial score (nSPS) is 14.0. The van der Waals surface area contributed by atoms with Gasteiger partial charge in [0.05, 0.1) is 17.6 Å². The van der Waals surface area contributed by atoms with Crippen molar-refractivity contribution in [1.29, 1.82) is 5.26 Å². The highest BCUT2D eigenvalue weighted by Crippen LogP contribution is 2.33. The van der Waals surface area contributed by atoms with Gasteiger partial charge in [-0.15, -0.1) is 0 Å². The van der Waals surface area contributed by atoms with Crippen LogP contribution in [0.2, 0.25) is 0 Å². The highest BCUT2D eigenvalue weighted by molar-refractivity contribution is 8.26. The molecule has 1 fully saturated rings. The number of nitrogens with zero attached hydrogens (tertiary/aromatic N) is 3. The van der Waals surface area contributed by atoms with Crippen LogP contribution in [0.15, 0.2) is 58.2 Å². The number of carbonyl (C=O) groups is 2. The first kappa shape index (κ1) is 29.7. The Morgan fingerprint density at radius 3 is 2.46 bits per heavy atom. The summed E-state index contributed by atoms with van der Waals surface area (Å²) in [6.45, 7) is 1.69. The van der Waals surface area contributed by atoms with Gasteiger partial charge in [0.15, 0.2) is 5.78 Å².